The van der Waals surface area contributed by atoms with Gasteiger partial charge in [0.1, 0.15) is 0 Å². The molecule has 0 aliphatic carbocycles. The van der Waals surface area contributed by atoms with Crippen molar-refractivity contribution in [1.29, 1.82) is 0 Å². The molecule has 7 heteroatoms. The fraction of sp³-hybridized carbons (Fsp3) is 0.400. The van der Waals surface area contributed by atoms with Crippen LogP contribution in [0.3, 0.4) is 0 Å². The van der Waals surface area contributed by atoms with Crippen LogP contribution < -0.4 is 0 Å². The zero-order chi connectivity index (χ0) is 18.9. The van der Waals surface area contributed by atoms with Crippen molar-refractivity contribution in [3.63, 3.8) is 0 Å². The molecule has 0 N–H and O–H groups in total. The first-order valence-electron chi connectivity index (χ1n) is 9.09. The van der Waals surface area contributed by atoms with E-state index in [0.717, 1.165) is 53.1 Å². The number of benzene rings is 1. The summed E-state index contributed by atoms with van der Waals surface area (Å²) in [6, 6.07) is 11.6. The number of thiophene rings is 1. The minimum atomic E-state index is -0.163. The first-order chi connectivity index (χ1) is 13.1. The van der Waals surface area contributed by atoms with Gasteiger partial charge in [0.2, 0.25) is 5.91 Å². The summed E-state index contributed by atoms with van der Waals surface area (Å²) in [4.78, 5) is 30.6. The van der Waals surface area contributed by atoms with Crippen molar-refractivity contribution in [1.82, 2.24) is 9.80 Å². The molecule has 2 saturated heterocycles. The molecule has 2 aliphatic heterocycles. The van der Waals surface area contributed by atoms with Gasteiger partial charge in [0.25, 0.3) is 5.91 Å². The van der Waals surface area contributed by atoms with Crippen LogP contribution in [0.1, 0.15) is 28.1 Å². The van der Waals surface area contributed by atoms with E-state index in [1.165, 1.54) is 0 Å². The number of nitrogens with zero attached hydrogens (tertiary/aromatic N) is 2. The molecule has 0 radical (unpaired) electrons. The van der Waals surface area contributed by atoms with E-state index in [1.54, 1.807) is 11.3 Å². The van der Waals surface area contributed by atoms with Gasteiger partial charge in [0.15, 0.2) is 0 Å². The minimum Gasteiger partial charge on any atom is -0.342 e. The van der Waals surface area contributed by atoms with Gasteiger partial charge in [-0.1, -0.05) is 22.0 Å². The standard InChI is InChI=1S/C20H21BrN2O2S2/c21-16-5-3-15(4-6-16)19(25)23-11-13-27-20(23)7-9-22(10-8-20)18(24)14-17-2-1-12-26-17/h1-6,12H,7-11,13-14H2. The molecule has 142 valence electrons. The summed E-state index contributed by atoms with van der Waals surface area (Å²) in [6.45, 7) is 2.23. The highest BCUT2D eigenvalue weighted by Gasteiger charge is 2.47. The van der Waals surface area contributed by atoms with Crippen LogP contribution >= 0.6 is 39.0 Å². The third-order valence-electron chi connectivity index (χ3n) is 5.32. The summed E-state index contributed by atoms with van der Waals surface area (Å²) in [5, 5.41) is 2.01. The van der Waals surface area contributed by atoms with Crippen LogP contribution in [-0.4, -0.2) is 51.9 Å². The minimum absolute atomic E-state index is 0.103. The molecule has 27 heavy (non-hydrogen) atoms. The Morgan fingerprint density at radius 3 is 2.48 bits per heavy atom. The largest absolute Gasteiger partial charge is 0.342 e. The van der Waals surface area contributed by atoms with E-state index in [4.69, 9.17) is 0 Å². The van der Waals surface area contributed by atoms with E-state index in [-0.39, 0.29) is 16.7 Å². The van der Waals surface area contributed by atoms with Gasteiger partial charge in [-0.15, -0.1) is 23.1 Å². The number of likely N-dealkylation sites (tertiary alicyclic amines) is 1. The summed E-state index contributed by atoms with van der Waals surface area (Å²) < 4.78 is 0.974. The molecule has 1 aromatic carbocycles. The molecule has 2 amide bonds. The predicted molar refractivity (Wildman–Crippen MR) is 114 cm³/mol. The van der Waals surface area contributed by atoms with E-state index in [9.17, 15) is 9.59 Å². The monoisotopic (exact) mass is 464 g/mol. The van der Waals surface area contributed by atoms with Crippen LogP contribution in [0.5, 0.6) is 0 Å². The molecule has 1 spiro atoms. The number of halogens is 1. The lowest BCUT2D eigenvalue weighted by atomic mass is 10.0. The fourth-order valence-corrected chi connectivity index (χ4v) is 6.25. The van der Waals surface area contributed by atoms with E-state index < -0.39 is 0 Å². The molecule has 3 heterocycles. The maximum Gasteiger partial charge on any atom is 0.254 e. The Hall–Kier alpha value is -1.31. The summed E-state index contributed by atoms with van der Waals surface area (Å²) >= 11 is 6.93. The van der Waals surface area contributed by atoms with E-state index in [0.29, 0.717) is 6.42 Å². The molecule has 0 saturated carbocycles. The highest BCUT2D eigenvalue weighted by molar-refractivity contribution is 9.10. The van der Waals surface area contributed by atoms with Crippen LogP contribution in [0.25, 0.3) is 0 Å². The quantitative estimate of drug-likeness (QED) is 0.680. The molecule has 2 fully saturated rings. The number of carbonyl (C=O) groups is 2. The Kier molecular flexibility index (Phi) is 5.62. The summed E-state index contributed by atoms with van der Waals surface area (Å²) in [5.41, 5.74) is 0.733. The van der Waals surface area contributed by atoms with E-state index >= 15 is 0 Å². The number of rotatable bonds is 3. The molecule has 1 aromatic heterocycles. The molecular weight excluding hydrogens is 444 g/mol. The SMILES string of the molecule is O=C(Cc1cccs1)N1CCC2(CC1)SCCN2C(=O)c1ccc(Br)cc1. The number of amides is 2. The maximum absolute atomic E-state index is 13.1. The fourth-order valence-electron chi connectivity index (χ4n) is 3.84. The maximum atomic E-state index is 13.1. The van der Waals surface area contributed by atoms with Crippen molar-refractivity contribution in [2.75, 3.05) is 25.4 Å². The van der Waals surface area contributed by atoms with Crippen molar-refractivity contribution in [3.05, 3.63) is 56.7 Å². The Morgan fingerprint density at radius 2 is 1.81 bits per heavy atom. The van der Waals surface area contributed by atoms with Gasteiger partial charge in [-0.05, 0) is 48.6 Å². The molecule has 4 rings (SSSR count). The number of thioether (sulfide) groups is 1. The van der Waals surface area contributed by atoms with Gasteiger partial charge < -0.3 is 9.80 Å². The second-order valence-corrected chi connectivity index (χ2v) is 10.3. The van der Waals surface area contributed by atoms with Crippen LogP contribution in [0, 0.1) is 0 Å². The van der Waals surface area contributed by atoms with Gasteiger partial charge in [-0.25, -0.2) is 0 Å². The van der Waals surface area contributed by atoms with Crippen LogP contribution in [0.2, 0.25) is 0 Å². The Morgan fingerprint density at radius 1 is 1.07 bits per heavy atom. The van der Waals surface area contributed by atoms with E-state index in [2.05, 4.69) is 15.9 Å². The Labute approximate surface area is 176 Å². The molecular formula is C20H21BrN2O2S2. The summed E-state index contributed by atoms with van der Waals surface area (Å²) in [7, 11) is 0. The van der Waals surface area contributed by atoms with Gasteiger partial charge in [0, 0.05) is 40.3 Å². The van der Waals surface area contributed by atoms with Gasteiger partial charge in [-0.2, -0.15) is 0 Å². The first-order valence-corrected chi connectivity index (χ1v) is 11.7. The highest BCUT2D eigenvalue weighted by Crippen LogP contribution is 2.44. The lowest BCUT2D eigenvalue weighted by molar-refractivity contribution is -0.132. The zero-order valence-electron chi connectivity index (χ0n) is 14.9. The summed E-state index contributed by atoms with van der Waals surface area (Å²) in [5.74, 6) is 1.26. The number of hydrogen-bond donors (Lipinski definition) is 0. The molecule has 0 bridgehead atoms. The van der Waals surface area contributed by atoms with Crippen molar-refractivity contribution in [2.24, 2.45) is 0 Å². The van der Waals surface area contributed by atoms with Crippen molar-refractivity contribution in [3.8, 4) is 0 Å². The average molecular weight is 465 g/mol. The molecule has 2 aromatic rings. The molecule has 0 unspecified atom stereocenters. The first kappa shape index (κ1) is 19.0. The highest BCUT2D eigenvalue weighted by atomic mass is 79.9. The van der Waals surface area contributed by atoms with Crippen molar-refractivity contribution in [2.45, 2.75) is 24.1 Å². The third-order valence-corrected chi connectivity index (χ3v) is 8.27. The smallest absolute Gasteiger partial charge is 0.254 e. The summed E-state index contributed by atoms with van der Waals surface area (Å²) in [6.07, 6.45) is 2.17. The van der Waals surface area contributed by atoms with E-state index in [1.807, 2.05) is 63.3 Å². The van der Waals surface area contributed by atoms with Gasteiger partial charge >= 0.3 is 0 Å². The lowest BCUT2D eigenvalue weighted by Crippen LogP contribution is -2.53. The zero-order valence-corrected chi connectivity index (χ0v) is 18.1. The number of piperidine rings is 1. The lowest BCUT2D eigenvalue weighted by Gasteiger charge is -2.44. The van der Waals surface area contributed by atoms with Crippen LogP contribution in [0.4, 0.5) is 0 Å². The van der Waals surface area contributed by atoms with Crippen molar-refractivity contribution < 1.29 is 9.59 Å². The van der Waals surface area contributed by atoms with Crippen LogP contribution in [0.15, 0.2) is 46.3 Å². The van der Waals surface area contributed by atoms with Gasteiger partial charge in [-0.3, -0.25) is 9.59 Å². The number of hydrogen-bond acceptors (Lipinski definition) is 4. The topological polar surface area (TPSA) is 40.6 Å². The van der Waals surface area contributed by atoms with Gasteiger partial charge in [0.05, 0.1) is 11.3 Å². The molecule has 4 nitrogen and oxygen atoms in total. The predicted octanol–water partition coefficient (Wildman–Crippen LogP) is 4.26. The molecule has 2 aliphatic rings. The molecule has 0 atom stereocenters. The third kappa shape index (κ3) is 3.96. The second kappa shape index (κ2) is 7.97. The number of carbonyl (C=O) groups excluding carboxylic acids is 2. The Bertz CT molecular complexity index is 815. The average Bonchev–Trinajstić information content (AvgIpc) is 3.32. The van der Waals surface area contributed by atoms with Crippen molar-refractivity contribution >= 4 is 50.8 Å². The normalized spacial score (nSPS) is 18.9. The Balaban J connectivity index is 1.42. The second-order valence-electron chi connectivity index (χ2n) is 6.90. The van der Waals surface area contributed by atoms with Crippen LogP contribution in [-0.2, 0) is 11.2 Å².